The Morgan fingerprint density at radius 2 is 1.72 bits per heavy atom. The van der Waals surface area contributed by atoms with Crippen molar-refractivity contribution in [3.8, 4) is 0 Å². The third-order valence-corrected chi connectivity index (χ3v) is 4.82. The van der Waals surface area contributed by atoms with Crippen LogP contribution in [0.3, 0.4) is 0 Å². The second-order valence-corrected chi connectivity index (χ2v) is 6.86. The minimum absolute atomic E-state index is 0.0750. The maximum Gasteiger partial charge on any atom is 0.268 e. The topological polar surface area (TPSA) is 80.7 Å². The fraction of sp³-hybridized carbons (Fsp3) is 0.0909. The van der Waals surface area contributed by atoms with E-state index in [4.69, 9.17) is 16.4 Å². The summed E-state index contributed by atoms with van der Waals surface area (Å²) in [4.78, 5) is 34.2. The van der Waals surface area contributed by atoms with Crippen molar-refractivity contribution in [2.24, 2.45) is 5.16 Å². The first-order chi connectivity index (χ1) is 14.1. The molecule has 7 heteroatoms. The van der Waals surface area contributed by atoms with Crippen LogP contribution in [-0.2, 0) is 9.63 Å². The highest BCUT2D eigenvalue weighted by molar-refractivity contribution is 6.34. The number of aromatic nitrogens is 1. The molecule has 1 amide bonds. The molecule has 0 spiro atoms. The molecule has 0 radical (unpaired) electrons. The summed E-state index contributed by atoms with van der Waals surface area (Å²) in [6.07, 6.45) is 2.71. The fourth-order valence-electron chi connectivity index (χ4n) is 2.95. The summed E-state index contributed by atoms with van der Waals surface area (Å²) >= 11 is 6.14. The van der Waals surface area contributed by atoms with Crippen LogP contribution in [0.4, 0.5) is 5.69 Å². The Morgan fingerprint density at radius 3 is 2.45 bits per heavy atom. The highest BCUT2D eigenvalue weighted by Crippen LogP contribution is 2.23. The molecule has 1 unspecified atom stereocenters. The van der Waals surface area contributed by atoms with Gasteiger partial charge in [0, 0.05) is 41.2 Å². The molecule has 29 heavy (non-hydrogen) atoms. The summed E-state index contributed by atoms with van der Waals surface area (Å²) in [5.74, 6) is -0.403. The van der Waals surface area contributed by atoms with Crippen molar-refractivity contribution < 1.29 is 14.4 Å². The molecule has 1 aliphatic heterocycles. The zero-order valence-electron chi connectivity index (χ0n) is 15.2. The Hall–Kier alpha value is -3.51. The van der Waals surface area contributed by atoms with Crippen molar-refractivity contribution >= 4 is 34.7 Å². The van der Waals surface area contributed by atoms with E-state index in [1.807, 2.05) is 18.2 Å². The molecule has 3 aromatic rings. The van der Waals surface area contributed by atoms with Gasteiger partial charge in [-0.25, -0.2) is 0 Å². The number of pyridine rings is 1. The lowest BCUT2D eigenvalue weighted by Gasteiger charge is -2.10. The predicted molar refractivity (Wildman–Crippen MR) is 110 cm³/mol. The molecule has 0 saturated carbocycles. The maximum atomic E-state index is 12.5. The van der Waals surface area contributed by atoms with Gasteiger partial charge in [-0.1, -0.05) is 47.1 Å². The first-order valence-corrected chi connectivity index (χ1v) is 9.33. The highest BCUT2D eigenvalue weighted by atomic mass is 35.5. The summed E-state index contributed by atoms with van der Waals surface area (Å²) in [6, 6.07) is 17.4. The summed E-state index contributed by atoms with van der Waals surface area (Å²) in [6.45, 7) is 0. The van der Waals surface area contributed by atoms with E-state index in [9.17, 15) is 9.59 Å². The first kappa shape index (κ1) is 18.8. The van der Waals surface area contributed by atoms with Crippen LogP contribution in [0, 0.1) is 0 Å². The van der Waals surface area contributed by atoms with Crippen LogP contribution in [0.25, 0.3) is 0 Å². The molecule has 1 aromatic heterocycles. The molecular weight excluding hydrogens is 390 g/mol. The minimum Gasteiger partial charge on any atom is -0.382 e. The van der Waals surface area contributed by atoms with E-state index in [1.54, 1.807) is 54.9 Å². The number of amides is 1. The van der Waals surface area contributed by atoms with E-state index in [0.29, 0.717) is 39.5 Å². The van der Waals surface area contributed by atoms with Gasteiger partial charge in [-0.05, 0) is 30.3 Å². The van der Waals surface area contributed by atoms with Crippen LogP contribution in [0.15, 0.2) is 78.2 Å². The normalized spacial score (nSPS) is 15.3. The molecule has 0 aliphatic carbocycles. The third-order valence-electron chi connectivity index (χ3n) is 4.49. The van der Waals surface area contributed by atoms with Crippen molar-refractivity contribution in [1.29, 1.82) is 0 Å². The predicted octanol–water partition coefficient (Wildman–Crippen LogP) is 4.10. The van der Waals surface area contributed by atoms with Gasteiger partial charge >= 0.3 is 0 Å². The van der Waals surface area contributed by atoms with Gasteiger partial charge in [0.1, 0.15) is 0 Å². The lowest BCUT2D eigenvalue weighted by atomic mass is 10.0. The van der Waals surface area contributed by atoms with Crippen LogP contribution in [-0.4, -0.2) is 28.5 Å². The highest BCUT2D eigenvalue weighted by Gasteiger charge is 2.30. The molecule has 2 heterocycles. The zero-order valence-corrected chi connectivity index (χ0v) is 16.0. The molecular formula is C22H16ClN3O3. The molecule has 1 aliphatic rings. The van der Waals surface area contributed by atoms with Crippen LogP contribution < -0.4 is 5.32 Å². The zero-order chi connectivity index (χ0) is 20.2. The summed E-state index contributed by atoms with van der Waals surface area (Å²) < 4.78 is 0. The van der Waals surface area contributed by atoms with Gasteiger partial charge in [0.25, 0.3) is 5.91 Å². The number of carbonyl (C=O) groups excluding carboxylic acids is 2. The molecule has 144 valence electrons. The number of hydrogen-bond donors (Lipinski definition) is 1. The van der Waals surface area contributed by atoms with Crippen molar-refractivity contribution in [3.05, 3.63) is 94.8 Å². The number of benzene rings is 2. The number of anilines is 1. The summed E-state index contributed by atoms with van der Waals surface area (Å²) in [5, 5.41) is 7.25. The molecule has 1 atom stereocenters. The number of hydrogen-bond acceptors (Lipinski definition) is 5. The van der Waals surface area contributed by atoms with Gasteiger partial charge in [-0.2, -0.15) is 0 Å². The lowest BCUT2D eigenvalue weighted by Crippen LogP contribution is -2.28. The average Bonchev–Trinajstić information content (AvgIpc) is 3.25. The Balaban J connectivity index is 1.38. The standard InChI is InChI=1S/C22H16ClN3O3/c23-18-10-11-24-13-17(18)19-12-20(29-26-19)22(28)25-16-8-6-15(7-9-16)21(27)14-4-2-1-3-5-14/h1-11,13,20H,12H2,(H,25,28). The molecule has 0 saturated heterocycles. The van der Waals surface area contributed by atoms with E-state index >= 15 is 0 Å². The first-order valence-electron chi connectivity index (χ1n) is 8.95. The molecule has 2 aromatic carbocycles. The molecule has 4 rings (SSSR count). The van der Waals surface area contributed by atoms with Crippen molar-refractivity contribution in [1.82, 2.24) is 4.98 Å². The molecule has 1 N–H and O–H groups in total. The number of oxime groups is 1. The SMILES string of the molecule is O=C(c1ccccc1)c1ccc(NC(=O)C2CC(c3cnccc3Cl)=NO2)cc1. The molecule has 6 nitrogen and oxygen atoms in total. The Morgan fingerprint density at radius 1 is 1.00 bits per heavy atom. The monoisotopic (exact) mass is 405 g/mol. The van der Waals surface area contributed by atoms with Gasteiger partial charge in [0.2, 0.25) is 6.10 Å². The molecule has 0 fully saturated rings. The largest absolute Gasteiger partial charge is 0.382 e. The second-order valence-electron chi connectivity index (χ2n) is 6.45. The smallest absolute Gasteiger partial charge is 0.268 e. The number of halogens is 1. The third kappa shape index (κ3) is 4.17. The van der Waals surface area contributed by atoms with Crippen LogP contribution >= 0.6 is 11.6 Å². The van der Waals surface area contributed by atoms with Crippen LogP contribution in [0.1, 0.15) is 27.9 Å². The van der Waals surface area contributed by atoms with Crippen molar-refractivity contribution in [2.45, 2.75) is 12.5 Å². The lowest BCUT2D eigenvalue weighted by molar-refractivity contribution is -0.125. The number of nitrogens with zero attached hydrogens (tertiary/aromatic N) is 2. The number of rotatable bonds is 5. The van der Waals surface area contributed by atoms with E-state index in [1.165, 1.54) is 0 Å². The van der Waals surface area contributed by atoms with Crippen LogP contribution in [0.5, 0.6) is 0 Å². The minimum atomic E-state index is -0.757. The Bertz CT molecular complexity index is 1080. The van der Waals surface area contributed by atoms with E-state index in [-0.39, 0.29) is 11.7 Å². The Labute approximate surface area is 172 Å². The van der Waals surface area contributed by atoms with Gasteiger partial charge in [-0.15, -0.1) is 0 Å². The van der Waals surface area contributed by atoms with E-state index < -0.39 is 6.10 Å². The Kier molecular flexibility index (Phi) is 5.35. The average molecular weight is 406 g/mol. The maximum absolute atomic E-state index is 12.5. The van der Waals surface area contributed by atoms with Gasteiger partial charge in [0.15, 0.2) is 5.78 Å². The number of ketones is 1. The van der Waals surface area contributed by atoms with Gasteiger partial charge < -0.3 is 10.2 Å². The summed E-state index contributed by atoms with van der Waals surface area (Å²) in [7, 11) is 0. The van der Waals surface area contributed by atoms with Gasteiger partial charge in [-0.3, -0.25) is 14.6 Å². The van der Waals surface area contributed by atoms with Crippen molar-refractivity contribution in [3.63, 3.8) is 0 Å². The van der Waals surface area contributed by atoms with Gasteiger partial charge in [0.05, 0.1) is 10.7 Å². The van der Waals surface area contributed by atoms with Crippen molar-refractivity contribution in [2.75, 3.05) is 5.32 Å². The van der Waals surface area contributed by atoms with Crippen LogP contribution in [0.2, 0.25) is 5.02 Å². The second kappa shape index (κ2) is 8.24. The van der Waals surface area contributed by atoms with E-state index in [2.05, 4.69) is 15.5 Å². The number of carbonyl (C=O) groups is 2. The molecule has 0 bridgehead atoms. The summed E-state index contributed by atoms with van der Waals surface area (Å²) in [5.41, 5.74) is 2.95. The fourth-order valence-corrected chi connectivity index (χ4v) is 3.17. The quantitative estimate of drug-likeness (QED) is 0.648. The number of nitrogens with one attached hydrogen (secondary N) is 1. The van der Waals surface area contributed by atoms with E-state index in [0.717, 1.165) is 0 Å².